The summed E-state index contributed by atoms with van der Waals surface area (Å²) in [5.74, 6) is 0.688. The predicted molar refractivity (Wildman–Crippen MR) is 77.4 cm³/mol. The van der Waals surface area contributed by atoms with Crippen LogP contribution in [0.5, 0.6) is 5.75 Å². The Morgan fingerprint density at radius 3 is 2.80 bits per heavy atom. The van der Waals surface area contributed by atoms with Gasteiger partial charge >= 0.3 is 0 Å². The molecule has 1 aromatic heterocycles. The predicted octanol–water partition coefficient (Wildman–Crippen LogP) is 3.87. The highest BCUT2D eigenvalue weighted by atomic mass is 19.1. The van der Waals surface area contributed by atoms with E-state index in [2.05, 4.69) is 17.1 Å². The molecule has 0 fully saturated rings. The molecule has 0 bridgehead atoms. The molecule has 0 N–H and O–H groups in total. The van der Waals surface area contributed by atoms with Gasteiger partial charge in [0, 0.05) is 6.07 Å². The van der Waals surface area contributed by atoms with Crippen LogP contribution in [-0.2, 0) is 6.54 Å². The highest BCUT2D eigenvalue weighted by molar-refractivity contribution is 5.75. The molecule has 20 heavy (non-hydrogen) atoms. The van der Waals surface area contributed by atoms with Crippen LogP contribution in [0.25, 0.3) is 11.0 Å². The number of aromatic nitrogens is 3. The number of hydrogen-bond acceptors (Lipinski definition) is 3. The minimum Gasteiger partial charge on any atom is -0.489 e. The van der Waals surface area contributed by atoms with E-state index in [4.69, 9.17) is 4.74 Å². The second-order valence-electron chi connectivity index (χ2n) is 4.71. The maximum Gasteiger partial charge on any atom is 0.122 e. The van der Waals surface area contributed by atoms with Crippen molar-refractivity contribution in [1.82, 2.24) is 15.0 Å². The number of halogens is 1. The molecule has 0 spiro atoms. The third kappa shape index (κ3) is 3.56. The van der Waals surface area contributed by atoms with E-state index in [1.54, 1.807) is 4.80 Å². The Bertz CT molecular complexity index is 592. The third-order valence-corrected chi connectivity index (χ3v) is 3.14. The van der Waals surface area contributed by atoms with E-state index < -0.39 is 0 Å². The molecule has 2 rings (SSSR count). The van der Waals surface area contributed by atoms with Crippen LogP contribution < -0.4 is 4.74 Å². The highest BCUT2D eigenvalue weighted by Crippen LogP contribution is 2.19. The van der Waals surface area contributed by atoms with Crippen molar-refractivity contribution in [2.45, 2.75) is 39.7 Å². The normalized spacial score (nSPS) is 12.1. The van der Waals surface area contributed by atoms with Gasteiger partial charge in [0.25, 0.3) is 0 Å². The SMILES string of the molecule is CCCCn1nc2ccc(OC/C(=C/F)CC)cc2n1. The standard InChI is InChI=1S/C15H20FN3O/c1-3-5-8-19-17-14-7-6-13(9-15(14)18-19)20-11-12(4-2)10-16/h6-7,9-10H,3-5,8,11H2,1-2H3/b12-10+. The van der Waals surface area contributed by atoms with Gasteiger partial charge in [0.15, 0.2) is 0 Å². The smallest absolute Gasteiger partial charge is 0.122 e. The first-order chi connectivity index (χ1) is 9.76. The second-order valence-corrected chi connectivity index (χ2v) is 4.71. The van der Waals surface area contributed by atoms with Crippen molar-refractivity contribution in [1.29, 1.82) is 0 Å². The first kappa shape index (κ1) is 14.5. The van der Waals surface area contributed by atoms with Gasteiger partial charge in [0.1, 0.15) is 23.4 Å². The van der Waals surface area contributed by atoms with Gasteiger partial charge in [0.05, 0.1) is 12.9 Å². The fourth-order valence-corrected chi connectivity index (χ4v) is 1.82. The molecule has 4 nitrogen and oxygen atoms in total. The lowest BCUT2D eigenvalue weighted by molar-refractivity contribution is 0.346. The van der Waals surface area contributed by atoms with E-state index >= 15 is 0 Å². The summed E-state index contributed by atoms with van der Waals surface area (Å²) in [6, 6.07) is 5.56. The zero-order chi connectivity index (χ0) is 14.4. The third-order valence-electron chi connectivity index (χ3n) is 3.14. The van der Waals surface area contributed by atoms with Gasteiger partial charge in [-0.05, 0) is 30.5 Å². The first-order valence-corrected chi connectivity index (χ1v) is 7.02. The van der Waals surface area contributed by atoms with E-state index in [1.807, 2.05) is 25.1 Å². The molecule has 1 heterocycles. The van der Waals surface area contributed by atoms with Gasteiger partial charge in [-0.2, -0.15) is 15.0 Å². The number of ether oxygens (including phenoxy) is 1. The van der Waals surface area contributed by atoms with Crippen molar-refractivity contribution in [2.75, 3.05) is 6.61 Å². The van der Waals surface area contributed by atoms with Crippen molar-refractivity contribution in [3.8, 4) is 5.75 Å². The lowest BCUT2D eigenvalue weighted by Gasteiger charge is -2.06. The van der Waals surface area contributed by atoms with Crippen LogP contribution in [0.2, 0.25) is 0 Å². The van der Waals surface area contributed by atoms with Crippen molar-refractivity contribution in [3.63, 3.8) is 0 Å². The monoisotopic (exact) mass is 277 g/mol. The summed E-state index contributed by atoms with van der Waals surface area (Å²) in [6.07, 6.45) is 3.43. The van der Waals surface area contributed by atoms with Crippen molar-refractivity contribution < 1.29 is 9.13 Å². The molecule has 2 aromatic rings. The van der Waals surface area contributed by atoms with Crippen LogP contribution in [0.4, 0.5) is 4.39 Å². The highest BCUT2D eigenvalue weighted by Gasteiger charge is 2.05. The second kappa shape index (κ2) is 7.03. The van der Waals surface area contributed by atoms with Gasteiger partial charge in [-0.15, -0.1) is 0 Å². The molecular weight excluding hydrogens is 257 g/mol. The zero-order valence-electron chi connectivity index (χ0n) is 12.0. The summed E-state index contributed by atoms with van der Waals surface area (Å²) >= 11 is 0. The Labute approximate surface area is 118 Å². The number of benzene rings is 1. The van der Waals surface area contributed by atoms with E-state index in [1.165, 1.54) is 0 Å². The van der Waals surface area contributed by atoms with Crippen LogP contribution in [0.15, 0.2) is 30.1 Å². The summed E-state index contributed by atoms with van der Waals surface area (Å²) in [5, 5.41) is 8.81. The van der Waals surface area contributed by atoms with Crippen molar-refractivity contribution in [2.24, 2.45) is 0 Å². The van der Waals surface area contributed by atoms with Crippen molar-refractivity contribution >= 4 is 11.0 Å². The average molecular weight is 277 g/mol. The quantitative estimate of drug-likeness (QED) is 0.771. The molecule has 5 heteroatoms. The van der Waals surface area contributed by atoms with E-state index in [-0.39, 0.29) is 6.61 Å². The number of unbranched alkanes of at least 4 members (excludes halogenated alkanes) is 1. The van der Waals surface area contributed by atoms with Crippen LogP contribution in [0.3, 0.4) is 0 Å². The molecule has 0 saturated carbocycles. The minimum atomic E-state index is 0.266. The molecule has 0 aliphatic heterocycles. The van der Waals surface area contributed by atoms with Crippen molar-refractivity contribution in [3.05, 3.63) is 30.1 Å². The number of hydrogen-bond donors (Lipinski definition) is 0. The molecule has 0 radical (unpaired) electrons. The van der Waals surface area contributed by atoms with Gasteiger partial charge in [-0.25, -0.2) is 4.39 Å². The Morgan fingerprint density at radius 1 is 1.30 bits per heavy atom. The average Bonchev–Trinajstić information content (AvgIpc) is 2.88. The van der Waals surface area contributed by atoms with Gasteiger partial charge in [0.2, 0.25) is 0 Å². The van der Waals surface area contributed by atoms with E-state index in [0.29, 0.717) is 24.1 Å². The molecule has 0 amide bonds. The van der Waals surface area contributed by atoms with Crippen LogP contribution in [0.1, 0.15) is 33.1 Å². The van der Waals surface area contributed by atoms with E-state index in [9.17, 15) is 4.39 Å². The molecule has 108 valence electrons. The van der Waals surface area contributed by atoms with Crippen LogP contribution >= 0.6 is 0 Å². The molecule has 0 atom stereocenters. The fraction of sp³-hybridized carbons (Fsp3) is 0.467. The van der Waals surface area contributed by atoms with Gasteiger partial charge in [-0.3, -0.25) is 0 Å². The number of nitrogens with zero attached hydrogens (tertiary/aromatic N) is 3. The van der Waals surface area contributed by atoms with Gasteiger partial charge < -0.3 is 4.74 Å². The van der Waals surface area contributed by atoms with Crippen LogP contribution in [-0.4, -0.2) is 21.6 Å². The first-order valence-electron chi connectivity index (χ1n) is 7.02. The molecule has 0 aliphatic carbocycles. The number of aryl methyl sites for hydroxylation is 1. The van der Waals surface area contributed by atoms with Gasteiger partial charge in [-0.1, -0.05) is 20.3 Å². The molecular formula is C15H20FN3O. The number of fused-ring (bicyclic) bond motifs is 1. The maximum atomic E-state index is 12.5. The summed E-state index contributed by atoms with van der Waals surface area (Å²) in [6.45, 7) is 5.13. The lowest BCUT2D eigenvalue weighted by atomic mass is 10.2. The Balaban J connectivity index is 2.08. The molecule has 0 unspecified atom stereocenters. The molecule has 0 aliphatic rings. The molecule has 1 aromatic carbocycles. The minimum absolute atomic E-state index is 0.266. The lowest BCUT2D eigenvalue weighted by Crippen LogP contribution is -2.01. The summed E-state index contributed by atoms with van der Waals surface area (Å²) in [7, 11) is 0. The Morgan fingerprint density at radius 2 is 2.10 bits per heavy atom. The van der Waals surface area contributed by atoms with E-state index in [0.717, 1.165) is 30.4 Å². The summed E-state index contributed by atoms with van der Waals surface area (Å²) in [5.41, 5.74) is 2.29. The fourth-order valence-electron chi connectivity index (χ4n) is 1.82. The maximum absolute atomic E-state index is 12.5. The Hall–Kier alpha value is -1.91. The topological polar surface area (TPSA) is 39.9 Å². The Kier molecular flexibility index (Phi) is 5.09. The van der Waals surface area contributed by atoms with Crippen LogP contribution in [0, 0.1) is 0 Å². The zero-order valence-corrected chi connectivity index (χ0v) is 12.0. The largest absolute Gasteiger partial charge is 0.489 e. The molecule has 0 saturated heterocycles. The summed E-state index contributed by atoms with van der Waals surface area (Å²) in [4.78, 5) is 1.72. The number of rotatable bonds is 7. The summed E-state index contributed by atoms with van der Waals surface area (Å²) < 4.78 is 18.0.